The summed E-state index contributed by atoms with van der Waals surface area (Å²) in [6.45, 7) is 7.09. The Bertz CT molecular complexity index is 960. The Hall–Kier alpha value is -2.87. The quantitative estimate of drug-likeness (QED) is 0.658. The predicted octanol–water partition coefficient (Wildman–Crippen LogP) is 1.94. The van der Waals surface area contributed by atoms with Gasteiger partial charge in [-0.25, -0.2) is 4.68 Å². The molecule has 0 aromatic carbocycles. The Balaban J connectivity index is 1.36. The summed E-state index contributed by atoms with van der Waals surface area (Å²) in [5.74, 6) is 2.03. The molecule has 0 amide bonds. The Morgan fingerprint density at radius 3 is 2.81 bits per heavy atom. The molecule has 8 heteroatoms. The minimum absolute atomic E-state index is 0.0837. The van der Waals surface area contributed by atoms with Gasteiger partial charge in [0.05, 0.1) is 18.8 Å². The van der Waals surface area contributed by atoms with E-state index in [0.29, 0.717) is 24.9 Å². The van der Waals surface area contributed by atoms with E-state index >= 15 is 0 Å². The van der Waals surface area contributed by atoms with Crippen LogP contribution in [0.15, 0.2) is 46.0 Å². The monoisotopic (exact) mass is 366 g/mol. The van der Waals surface area contributed by atoms with Gasteiger partial charge in [-0.05, 0) is 18.2 Å². The molecular formula is C19H22N6O2. The lowest BCUT2D eigenvalue weighted by molar-refractivity contribution is 0.0659. The molecule has 27 heavy (non-hydrogen) atoms. The molecule has 0 atom stereocenters. The van der Waals surface area contributed by atoms with Crippen LogP contribution in [-0.2, 0) is 13.1 Å². The van der Waals surface area contributed by atoms with E-state index in [0.717, 1.165) is 30.2 Å². The third-order valence-electron chi connectivity index (χ3n) is 4.65. The van der Waals surface area contributed by atoms with Crippen LogP contribution >= 0.6 is 0 Å². The summed E-state index contributed by atoms with van der Waals surface area (Å²) in [5.41, 5.74) is 1.57. The van der Waals surface area contributed by atoms with Crippen LogP contribution in [0.3, 0.4) is 0 Å². The van der Waals surface area contributed by atoms with Crippen LogP contribution in [0.2, 0.25) is 0 Å². The second-order valence-electron chi connectivity index (χ2n) is 7.24. The average Bonchev–Trinajstić information content (AvgIpc) is 3.11. The molecule has 1 aliphatic heterocycles. The highest BCUT2D eigenvalue weighted by Gasteiger charge is 2.29. The molecule has 0 saturated carbocycles. The van der Waals surface area contributed by atoms with Crippen LogP contribution < -0.4 is 5.56 Å². The number of aromatic nitrogens is 5. The highest BCUT2D eigenvalue weighted by molar-refractivity contribution is 5.56. The van der Waals surface area contributed by atoms with Gasteiger partial charge in [0.2, 0.25) is 5.89 Å². The SMILES string of the molecule is CC(C)c1noc(CN2CC(Cn3nc(-c4cccnc4)ccc3=O)C2)n1. The Labute approximate surface area is 156 Å². The van der Waals surface area contributed by atoms with E-state index in [9.17, 15) is 4.79 Å². The maximum absolute atomic E-state index is 12.2. The molecule has 3 aromatic heterocycles. The van der Waals surface area contributed by atoms with E-state index in [-0.39, 0.29) is 11.5 Å². The molecule has 0 aliphatic carbocycles. The second kappa shape index (κ2) is 7.40. The van der Waals surface area contributed by atoms with Crippen molar-refractivity contribution >= 4 is 0 Å². The molecule has 1 saturated heterocycles. The van der Waals surface area contributed by atoms with E-state index < -0.39 is 0 Å². The van der Waals surface area contributed by atoms with E-state index in [4.69, 9.17) is 4.52 Å². The molecule has 1 fully saturated rings. The van der Waals surface area contributed by atoms with Crippen LogP contribution in [0.25, 0.3) is 11.3 Å². The lowest BCUT2D eigenvalue weighted by atomic mass is 10.0. The fourth-order valence-electron chi connectivity index (χ4n) is 3.17. The third kappa shape index (κ3) is 3.95. The lowest BCUT2D eigenvalue weighted by Gasteiger charge is -2.38. The topological polar surface area (TPSA) is 89.9 Å². The molecule has 3 aromatic rings. The van der Waals surface area contributed by atoms with E-state index in [1.54, 1.807) is 29.2 Å². The number of nitrogens with zero attached hydrogens (tertiary/aromatic N) is 6. The summed E-state index contributed by atoms with van der Waals surface area (Å²) in [7, 11) is 0. The van der Waals surface area contributed by atoms with Crippen LogP contribution in [0.5, 0.6) is 0 Å². The minimum atomic E-state index is -0.0837. The molecule has 0 unspecified atom stereocenters. The van der Waals surface area contributed by atoms with Gasteiger partial charge in [0.1, 0.15) is 0 Å². The molecule has 0 radical (unpaired) electrons. The highest BCUT2D eigenvalue weighted by Crippen LogP contribution is 2.20. The first kappa shape index (κ1) is 17.5. The standard InChI is InChI=1S/C19H22N6O2/c1-13(2)19-21-17(27-23-19)12-24-9-14(10-24)11-25-18(26)6-5-16(22-25)15-4-3-7-20-8-15/h3-8,13-14H,9-12H2,1-2H3. The summed E-state index contributed by atoms with van der Waals surface area (Å²) in [5, 5.41) is 8.49. The average molecular weight is 366 g/mol. The minimum Gasteiger partial charge on any atom is -0.338 e. The van der Waals surface area contributed by atoms with Crippen molar-refractivity contribution < 1.29 is 4.52 Å². The number of pyridine rings is 1. The van der Waals surface area contributed by atoms with Crippen molar-refractivity contribution in [1.82, 2.24) is 29.8 Å². The summed E-state index contributed by atoms with van der Waals surface area (Å²) < 4.78 is 6.84. The Morgan fingerprint density at radius 2 is 2.11 bits per heavy atom. The van der Waals surface area contributed by atoms with Gasteiger partial charge in [0.25, 0.3) is 5.56 Å². The zero-order chi connectivity index (χ0) is 18.8. The van der Waals surface area contributed by atoms with Gasteiger partial charge in [-0.1, -0.05) is 19.0 Å². The van der Waals surface area contributed by atoms with Crippen molar-refractivity contribution in [2.45, 2.75) is 32.9 Å². The van der Waals surface area contributed by atoms with E-state index in [1.807, 2.05) is 26.0 Å². The zero-order valence-electron chi connectivity index (χ0n) is 15.4. The summed E-state index contributed by atoms with van der Waals surface area (Å²) in [6.07, 6.45) is 3.47. The Morgan fingerprint density at radius 1 is 1.26 bits per heavy atom. The Kier molecular flexibility index (Phi) is 4.81. The number of likely N-dealkylation sites (tertiary alicyclic amines) is 1. The zero-order valence-corrected chi connectivity index (χ0v) is 15.4. The summed E-state index contributed by atoms with van der Waals surface area (Å²) in [6, 6.07) is 7.10. The molecule has 4 rings (SSSR count). The number of hydrogen-bond acceptors (Lipinski definition) is 7. The fourth-order valence-corrected chi connectivity index (χ4v) is 3.17. The third-order valence-corrected chi connectivity index (χ3v) is 4.65. The van der Waals surface area contributed by atoms with Crippen LogP contribution in [0, 0.1) is 5.92 Å². The second-order valence-corrected chi connectivity index (χ2v) is 7.24. The number of hydrogen-bond donors (Lipinski definition) is 0. The van der Waals surface area contributed by atoms with E-state index in [2.05, 4.69) is 25.1 Å². The van der Waals surface area contributed by atoms with Crippen molar-refractivity contribution in [3.63, 3.8) is 0 Å². The molecule has 8 nitrogen and oxygen atoms in total. The van der Waals surface area contributed by atoms with Crippen molar-refractivity contribution in [3.05, 3.63) is 58.7 Å². The van der Waals surface area contributed by atoms with E-state index in [1.165, 1.54) is 0 Å². The van der Waals surface area contributed by atoms with Crippen molar-refractivity contribution in [1.29, 1.82) is 0 Å². The predicted molar refractivity (Wildman–Crippen MR) is 98.9 cm³/mol. The first-order valence-corrected chi connectivity index (χ1v) is 9.12. The van der Waals surface area contributed by atoms with Gasteiger partial charge in [-0.3, -0.25) is 14.7 Å². The molecule has 0 spiro atoms. The van der Waals surface area contributed by atoms with Crippen LogP contribution in [-0.4, -0.2) is 42.9 Å². The first-order chi connectivity index (χ1) is 13.1. The fraction of sp³-hybridized carbons (Fsp3) is 0.421. The maximum atomic E-state index is 12.2. The largest absolute Gasteiger partial charge is 0.338 e. The summed E-state index contributed by atoms with van der Waals surface area (Å²) in [4.78, 5) is 22.9. The molecule has 1 aliphatic rings. The van der Waals surface area contributed by atoms with Crippen LogP contribution in [0.4, 0.5) is 0 Å². The molecule has 0 bridgehead atoms. The lowest BCUT2D eigenvalue weighted by Crippen LogP contribution is -2.48. The smallest absolute Gasteiger partial charge is 0.266 e. The highest BCUT2D eigenvalue weighted by atomic mass is 16.5. The summed E-state index contributed by atoms with van der Waals surface area (Å²) >= 11 is 0. The molecule has 140 valence electrons. The van der Waals surface area contributed by atoms with Crippen molar-refractivity contribution in [2.75, 3.05) is 13.1 Å². The van der Waals surface area contributed by atoms with Gasteiger partial charge in [-0.15, -0.1) is 0 Å². The van der Waals surface area contributed by atoms with Gasteiger partial charge in [-0.2, -0.15) is 10.1 Å². The molecule has 0 N–H and O–H groups in total. The molecular weight excluding hydrogens is 344 g/mol. The molecule has 4 heterocycles. The van der Waals surface area contributed by atoms with Crippen molar-refractivity contribution in [3.8, 4) is 11.3 Å². The normalized spacial score (nSPS) is 15.2. The maximum Gasteiger partial charge on any atom is 0.266 e. The van der Waals surface area contributed by atoms with Crippen LogP contribution in [0.1, 0.15) is 31.5 Å². The van der Waals surface area contributed by atoms with Crippen molar-refractivity contribution in [2.24, 2.45) is 5.92 Å². The van der Waals surface area contributed by atoms with Gasteiger partial charge in [0.15, 0.2) is 5.82 Å². The number of rotatable bonds is 6. The first-order valence-electron chi connectivity index (χ1n) is 9.12. The van der Waals surface area contributed by atoms with Gasteiger partial charge >= 0.3 is 0 Å². The van der Waals surface area contributed by atoms with Gasteiger partial charge in [0, 0.05) is 48.9 Å². The van der Waals surface area contributed by atoms with Gasteiger partial charge < -0.3 is 4.52 Å².